The molecule has 1 aliphatic rings. The highest BCUT2D eigenvalue weighted by Gasteiger charge is 2.24. The van der Waals surface area contributed by atoms with Gasteiger partial charge in [-0.2, -0.15) is 0 Å². The highest BCUT2D eigenvalue weighted by Crippen LogP contribution is 2.22. The number of hydrogen-bond donors (Lipinski definition) is 2. The average Bonchev–Trinajstić information content (AvgIpc) is 2.77. The molecule has 1 heterocycles. The lowest BCUT2D eigenvalue weighted by atomic mass is 9.87. The van der Waals surface area contributed by atoms with E-state index in [0.717, 1.165) is 32.6 Å². The smallest absolute Gasteiger partial charge is 0.0509 e. The Morgan fingerprint density at radius 1 is 1.50 bits per heavy atom. The van der Waals surface area contributed by atoms with Crippen molar-refractivity contribution in [2.24, 2.45) is 11.3 Å². The molecule has 3 nitrogen and oxygen atoms in total. The molecule has 1 fully saturated rings. The molecule has 0 bridgehead atoms. The third kappa shape index (κ3) is 4.81. The fourth-order valence-electron chi connectivity index (χ4n) is 2.20. The van der Waals surface area contributed by atoms with Crippen molar-refractivity contribution < 1.29 is 9.84 Å². The Kier molecular flexibility index (Phi) is 5.73. The second-order valence-electron chi connectivity index (χ2n) is 5.78. The lowest BCUT2D eigenvalue weighted by Gasteiger charge is -2.28. The molecule has 0 saturated carbocycles. The summed E-state index contributed by atoms with van der Waals surface area (Å²) in [5.74, 6) is 0.675. The van der Waals surface area contributed by atoms with E-state index in [1.54, 1.807) is 0 Å². The summed E-state index contributed by atoms with van der Waals surface area (Å²) in [7, 11) is 0. The molecule has 0 aromatic carbocycles. The van der Waals surface area contributed by atoms with Gasteiger partial charge in [0.05, 0.1) is 6.61 Å². The third-order valence-corrected chi connectivity index (χ3v) is 3.59. The van der Waals surface area contributed by atoms with E-state index in [1.807, 2.05) is 0 Å². The zero-order valence-corrected chi connectivity index (χ0v) is 11.0. The van der Waals surface area contributed by atoms with Crippen LogP contribution in [0.15, 0.2) is 0 Å². The van der Waals surface area contributed by atoms with Crippen LogP contribution in [0.5, 0.6) is 0 Å². The second kappa shape index (κ2) is 6.58. The SMILES string of the molecule is CC(NCC(C)(C)CCCO)C1CCOC1. The van der Waals surface area contributed by atoms with Gasteiger partial charge in [-0.05, 0) is 37.5 Å². The summed E-state index contributed by atoms with van der Waals surface area (Å²) in [6.45, 7) is 9.92. The summed E-state index contributed by atoms with van der Waals surface area (Å²) in [4.78, 5) is 0. The molecule has 3 heteroatoms. The minimum absolute atomic E-state index is 0.274. The summed E-state index contributed by atoms with van der Waals surface area (Å²) >= 11 is 0. The number of ether oxygens (including phenoxy) is 1. The van der Waals surface area contributed by atoms with E-state index in [2.05, 4.69) is 26.1 Å². The van der Waals surface area contributed by atoms with Gasteiger partial charge in [-0.15, -0.1) is 0 Å². The van der Waals surface area contributed by atoms with Crippen LogP contribution in [-0.4, -0.2) is 37.5 Å². The third-order valence-electron chi connectivity index (χ3n) is 3.59. The van der Waals surface area contributed by atoms with E-state index in [-0.39, 0.29) is 5.41 Å². The van der Waals surface area contributed by atoms with Gasteiger partial charge in [0, 0.05) is 25.8 Å². The van der Waals surface area contributed by atoms with Gasteiger partial charge in [0.2, 0.25) is 0 Å². The molecule has 2 N–H and O–H groups in total. The Labute approximate surface area is 99.6 Å². The molecular weight excluding hydrogens is 202 g/mol. The van der Waals surface area contributed by atoms with Crippen LogP contribution in [0.3, 0.4) is 0 Å². The predicted octanol–water partition coefficient (Wildman–Crippen LogP) is 1.80. The Bertz CT molecular complexity index is 188. The first-order valence-electron chi connectivity index (χ1n) is 6.47. The highest BCUT2D eigenvalue weighted by atomic mass is 16.5. The van der Waals surface area contributed by atoms with Gasteiger partial charge in [-0.25, -0.2) is 0 Å². The van der Waals surface area contributed by atoms with Crippen molar-refractivity contribution >= 4 is 0 Å². The van der Waals surface area contributed by atoms with Crippen LogP contribution in [0.2, 0.25) is 0 Å². The van der Waals surface area contributed by atoms with E-state index in [9.17, 15) is 0 Å². The lowest BCUT2D eigenvalue weighted by molar-refractivity contribution is 0.174. The van der Waals surface area contributed by atoms with Gasteiger partial charge in [0.1, 0.15) is 0 Å². The minimum atomic E-state index is 0.274. The number of aliphatic hydroxyl groups excluding tert-OH is 1. The first kappa shape index (κ1) is 13.9. The molecule has 1 saturated heterocycles. The summed E-state index contributed by atoms with van der Waals surface area (Å²) in [6.07, 6.45) is 3.16. The second-order valence-corrected chi connectivity index (χ2v) is 5.78. The molecule has 0 spiro atoms. The van der Waals surface area contributed by atoms with E-state index in [0.29, 0.717) is 18.6 Å². The summed E-state index contributed by atoms with van der Waals surface area (Å²) in [5, 5.41) is 12.5. The van der Waals surface area contributed by atoms with Crippen molar-refractivity contribution in [3.05, 3.63) is 0 Å². The molecule has 2 unspecified atom stereocenters. The number of rotatable bonds is 7. The maximum absolute atomic E-state index is 8.84. The van der Waals surface area contributed by atoms with Crippen LogP contribution in [0.25, 0.3) is 0 Å². The van der Waals surface area contributed by atoms with Gasteiger partial charge in [-0.3, -0.25) is 0 Å². The first-order chi connectivity index (χ1) is 7.55. The average molecular weight is 229 g/mol. The van der Waals surface area contributed by atoms with Gasteiger partial charge >= 0.3 is 0 Å². The summed E-state index contributed by atoms with van der Waals surface area (Å²) in [5.41, 5.74) is 0.274. The van der Waals surface area contributed by atoms with Crippen LogP contribution in [-0.2, 0) is 4.74 Å². The van der Waals surface area contributed by atoms with Gasteiger partial charge in [-0.1, -0.05) is 13.8 Å². The quantitative estimate of drug-likeness (QED) is 0.699. The fraction of sp³-hybridized carbons (Fsp3) is 1.00. The van der Waals surface area contributed by atoms with Crippen molar-refractivity contribution in [3.63, 3.8) is 0 Å². The molecule has 1 aliphatic heterocycles. The van der Waals surface area contributed by atoms with Crippen molar-refractivity contribution in [3.8, 4) is 0 Å². The summed E-state index contributed by atoms with van der Waals surface area (Å²) < 4.78 is 5.40. The van der Waals surface area contributed by atoms with Crippen LogP contribution < -0.4 is 5.32 Å². The summed E-state index contributed by atoms with van der Waals surface area (Å²) in [6, 6.07) is 0.538. The lowest BCUT2D eigenvalue weighted by Crippen LogP contribution is -2.40. The molecule has 0 aromatic rings. The Balaban J connectivity index is 2.21. The van der Waals surface area contributed by atoms with Gasteiger partial charge in [0.25, 0.3) is 0 Å². The normalized spacial score (nSPS) is 23.6. The van der Waals surface area contributed by atoms with Gasteiger partial charge < -0.3 is 15.2 Å². The highest BCUT2D eigenvalue weighted by molar-refractivity contribution is 4.79. The molecule has 1 rings (SSSR count). The molecule has 0 aromatic heterocycles. The van der Waals surface area contributed by atoms with E-state index in [1.165, 1.54) is 6.42 Å². The van der Waals surface area contributed by atoms with Crippen molar-refractivity contribution in [2.75, 3.05) is 26.4 Å². The predicted molar refractivity (Wildman–Crippen MR) is 66.5 cm³/mol. The molecular formula is C13H27NO2. The zero-order valence-electron chi connectivity index (χ0n) is 11.0. The van der Waals surface area contributed by atoms with Crippen molar-refractivity contribution in [1.29, 1.82) is 0 Å². The van der Waals surface area contributed by atoms with Crippen molar-refractivity contribution in [1.82, 2.24) is 5.32 Å². The fourth-order valence-corrected chi connectivity index (χ4v) is 2.20. The van der Waals surface area contributed by atoms with Crippen LogP contribution in [0.4, 0.5) is 0 Å². The standard InChI is InChI=1S/C13H27NO2/c1-11(12-5-8-16-9-12)14-10-13(2,3)6-4-7-15/h11-12,14-15H,4-10H2,1-3H3. The maximum Gasteiger partial charge on any atom is 0.0509 e. The number of hydrogen-bond acceptors (Lipinski definition) is 3. The Morgan fingerprint density at radius 3 is 2.81 bits per heavy atom. The number of nitrogens with one attached hydrogen (secondary N) is 1. The topological polar surface area (TPSA) is 41.5 Å². The van der Waals surface area contributed by atoms with Crippen molar-refractivity contribution in [2.45, 2.75) is 46.1 Å². The Hall–Kier alpha value is -0.120. The van der Waals surface area contributed by atoms with E-state index >= 15 is 0 Å². The molecule has 2 atom stereocenters. The van der Waals surface area contributed by atoms with E-state index in [4.69, 9.17) is 9.84 Å². The molecule has 96 valence electrons. The molecule has 16 heavy (non-hydrogen) atoms. The monoisotopic (exact) mass is 229 g/mol. The van der Waals surface area contributed by atoms with Crippen LogP contribution in [0, 0.1) is 11.3 Å². The zero-order chi connectivity index (χ0) is 12.0. The molecule has 0 radical (unpaired) electrons. The number of aliphatic hydroxyl groups is 1. The van der Waals surface area contributed by atoms with Crippen LogP contribution in [0.1, 0.15) is 40.0 Å². The Morgan fingerprint density at radius 2 is 2.25 bits per heavy atom. The molecule has 0 aliphatic carbocycles. The van der Waals surface area contributed by atoms with Gasteiger partial charge in [0.15, 0.2) is 0 Å². The minimum Gasteiger partial charge on any atom is -0.396 e. The first-order valence-corrected chi connectivity index (χ1v) is 6.47. The maximum atomic E-state index is 8.84. The molecule has 0 amide bonds. The van der Waals surface area contributed by atoms with E-state index < -0.39 is 0 Å². The largest absolute Gasteiger partial charge is 0.396 e. The van der Waals surface area contributed by atoms with Crippen LogP contribution >= 0.6 is 0 Å².